The van der Waals surface area contributed by atoms with Crippen molar-refractivity contribution in [3.63, 3.8) is 0 Å². The Labute approximate surface area is 92.1 Å². The molecule has 1 aromatic rings. The molecule has 0 spiro atoms. The van der Waals surface area contributed by atoms with Crippen LogP contribution in [0.5, 0.6) is 0 Å². The number of hydrogen-bond acceptors (Lipinski definition) is 4. The van der Waals surface area contributed by atoms with Crippen LogP contribution in [0.25, 0.3) is 0 Å². The lowest BCUT2D eigenvalue weighted by molar-refractivity contribution is -0.384. The fourth-order valence-corrected chi connectivity index (χ4v) is 1.25. The van der Waals surface area contributed by atoms with Crippen LogP contribution in [0.4, 0.5) is 11.4 Å². The quantitative estimate of drug-likeness (QED) is 0.479. The molecule has 0 saturated carbocycles. The first-order valence-corrected chi connectivity index (χ1v) is 4.69. The highest BCUT2D eigenvalue weighted by molar-refractivity contribution is 6.32. The Kier molecular flexibility index (Phi) is 4.33. The van der Waals surface area contributed by atoms with Crippen molar-refractivity contribution >= 4 is 23.0 Å². The van der Waals surface area contributed by atoms with Crippen LogP contribution in [0.15, 0.2) is 18.2 Å². The SMILES string of the molecule is COCCNc1ccc(Cl)c([N+](=O)[O-])c1. The standard InChI is InChI=1S/C9H11ClN2O3/c1-15-5-4-11-7-2-3-8(10)9(6-7)12(13)14/h2-3,6,11H,4-5H2,1H3. The number of ether oxygens (including phenoxy) is 1. The van der Waals surface area contributed by atoms with E-state index in [2.05, 4.69) is 5.32 Å². The first-order valence-electron chi connectivity index (χ1n) is 4.32. The molecule has 1 aromatic carbocycles. The first kappa shape index (κ1) is 11.7. The van der Waals surface area contributed by atoms with Gasteiger partial charge in [0.1, 0.15) is 5.02 Å². The van der Waals surface area contributed by atoms with Crippen LogP contribution < -0.4 is 5.32 Å². The summed E-state index contributed by atoms with van der Waals surface area (Å²) >= 11 is 5.66. The van der Waals surface area contributed by atoms with Gasteiger partial charge >= 0.3 is 0 Å². The summed E-state index contributed by atoms with van der Waals surface area (Å²) in [6.45, 7) is 1.13. The van der Waals surface area contributed by atoms with Gasteiger partial charge < -0.3 is 10.1 Å². The Morgan fingerprint density at radius 1 is 1.60 bits per heavy atom. The molecule has 6 heteroatoms. The number of methoxy groups -OCH3 is 1. The van der Waals surface area contributed by atoms with Gasteiger partial charge in [-0.25, -0.2) is 0 Å². The van der Waals surface area contributed by atoms with E-state index >= 15 is 0 Å². The van der Waals surface area contributed by atoms with E-state index in [0.717, 1.165) is 0 Å². The zero-order chi connectivity index (χ0) is 11.3. The highest BCUT2D eigenvalue weighted by Crippen LogP contribution is 2.27. The second-order valence-corrected chi connectivity index (χ2v) is 3.25. The smallest absolute Gasteiger partial charge is 0.289 e. The molecular weight excluding hydrogens is 220 g/mol. The van der Waals surface area contributed by atoms with Crippen LogP contribution in [-0.2, 0) is 4.74 Å². The largest absolute Gasteiger partial charge is 0.383 e. The van der Waals surface area contributed by atoms with Gasteiger partial charge in [0.25, 0.3) is 5.69 Å². The highest BCUT2D eigenvalue weighted by Gasteiger charge is 2.12. The minimum atomic E-state index is -0.510. The van der Waals surface area contributed by atoms with Gasteiger partial charge in [-0.1, -0.05) is 11.6 Å². The molecule has 0 aromatic heterocycles. The predicted octanol–water partition coefficient (Wildman–Crippen LogP) is 2.31. The Morgan fingerprint density at radius 3 is 2.93 bits per heavy atom. The molecule has 0 bridgehead atoms. The van der Waals surface area contributed by atoms with Gasteiger partial charge in [0.2, 0.25) is 0 Å². The number of nitro benzene ring substituents is 1. The third-order valence-corrected chi connectivity index (χ3v) is 2.10. The molecule has 0 aliphatic heterocycles. The van der Waals surface area contributed by atoms with Crippen LogP contribution in [0.3, 0.4) is 0 Å². The van der Waals surface area contributed by atoms with Crippen molar-refractivity contribution in [2.24, 2.45) is 0 Å². The van der Waals surface area contributed by atoms with Crippen molar-refractivity contribution in [3.8, 4) is 0 Å². The highest BCUT2D eigenvalue weighted by atomic mass is 35.5. The number of nitrogens with one attached hydrogen (secondary N) is 1. The first-order chi connectivity index (χ1) is 7.15. The zero-order valence-electron chi connectivity index (χ0n) is 8.20. The van der Waals surface area contributed by atoms with Crippen LogP contribution >= 0.6 is 11.6 Å². The van der Waals surface area contributed by atoms with Gasteiger partial charge in [0.15, 0.2) is 0 Å². The lowest BCUT2D eigenvalue weighted by Crippen LogP contribution is -2.07. The molecule has 0 aliphatic carbocycles. The van der Waals surface area contributed by atoms with Gasteiger partial charge in [0.05, 0.1) is 11.5 Å². The number of rotatable bonds is 5. The summed E-state index contributed by atoms with van der Waals surface area (Å²) in [5, 5.41) is 13.7. The van der Waals surface area contributed by atoms with Crippen LogP contribution in [0.1, 0.15) is 0 Å². The van der Waals surface area contributed by atoms with Gasteiger partial charge in [-0.05, 0) is 12.1 Å². The minimum Gasteiger partial charge on any atom is -0.383 e. The number of nitro groups is 1. The maximum Gasteiger partial charge on any atom is 0.289 e. The molecule has 0 heterocycles. The molecule has 0 aliphatic rings. The predicted molar refractivity (Wildman–Crippen MR) is 58.5 cm³/mol. The van der Waals surface area contributed by atoms with E-state index in [1.54, 1.807) is 13.2 Å². The molecule has 82 valence electrons. The third kappa shape index (κ3) is 3.38. The van der Waals surface area contributed by atoms with E-state index in [1.807, 2.05) is 0 Å². The molecule has 0 saturated heterocycles. The van der Waals surface area contributed by atoms with E-state index in [1.165, 1.54) is 12.1 Å². The number of benzene rings is 1. The molecule has 0 radical (unpaired) electrons. The van der Waals surface area contributed by atoms with Crippen molar-refractivity contribution in [2.45, 2.75) is 0 Å². The fourth-order valence-electron chi connectivity index (χ4n) is 1.06. The fraction of sp³-hybridized carbons (Fsp3) is 0.333. The Bertz CT molecular complexity index is 357. The van der Waals surface area contributed by atoms with E-state index in [-0.39, 0.29) is 10.7 Å². The van der Waals surface area contributed by atoms with E-state index in [4.69, 9.17) is 16.3 Å². The average Bonchev–Trinajstić information content (AvgIpc) is 2.20. The molecule has 1 rings (SSSR count). The molecule has 0 atom stereocenters. The van der Waals surface area contributed by atoms with E-state index < -0.39 is 4.92 Å². The second kappa shape index (κ2) is 5.53. The van der Waals surface area contributed by atoms with Gasteiger partial charge in [-0.15, -0.1) is 0 Å². The summed E-state index contributed by atoms with van der Waals surface area (Å²) in [5.74, 6) is 0. The Morgan fingerprint density at radius 2 is 2.33 bits per heavy atom. The summed E-state index contributed by atoms with van der Waals surface area (Å²) < 4.78 is 4.84. The van der Waals surface area contributed by atoms with E-state index in [9.17, 15) is 10.1 Å². The molecule has 5 nitrogen and oxygen atoms in total. The maximum absolute atomic E-state index is 10.6. The molecule has 1 N–H and O–H groups in total. The molecule has 0 unspecified atom stereocenters. The number of hydrogen-bond donors (Lipinski definition) is 1. The lowest BCUT2D eigenvalue weighted by atomic mass is 10.3. The molecule has 15 heavy (non-hydrogen) atoms. The topological polar surface area (TPSA) is 64.4 Å². The Balaban J connectivity index is 2.74. The van der Waals surface area contributed by atoms with Crippen LogP contribution in [0.2, 0.25) is 5.02 Å². The molecular formula is C9H11ClN2O3. The van der Waals surface area contributed by atoms with Gasteiger partial charge in [-0.2, -0.15) is 0 Å². The Hall–Kier alpha value is -1.33. The van der Waals surface area contributed by atoms with Crippen LogP contribution in [-0.4, -0.2) is 25.2 Å². The summed E-state index contributed by atoms with van der Waals surface area (Å²) in [6.07, 6.45) is 0. The third-order valence-electron chi connectivity index (χ3n) is 1.78. The normalized spacial score (nSPS) is 10.0. The summed E-state index contributed by atoms with van der Waals surface area (Å²) in [6, 6.07) is 4.58. The number of halogens is 1. The van der Waals surface area contributed by atoms with E-state index in [0.29, 0.717) is 18.8 Å². The van der Waals surface area contributed by atoms with Gasteiger partial charge in [-0.3, -0.25) is 10.1 Å². The monoisotopic (exact) mass is 230 g/mol. The molecule has 0 fully saturated rings. The second-order valence-electron chi connectivity index (χ2n) is 2.84. The average molecular weight is 231 g/mol. The van der Waals surface area contributed by atoms with Crippen molar-refractivity contribution in [3.05, 3.63) is 33.3 Å². The number of nitrogens with zero attached hydrogens (tertiary/aromatic N) is 1. The van der Waals surface area contributed by atoms with Crippen LogP contribution in [0, 0.1) is 10.1 Å². The zero-order valence-corrected chi connectivity index (χ0v) is 8.95. The van der Waals surface area contributed by atoms with Crippen molar-refractivity contribution in [1.82, 2.24) is 0 Å². The summed E-state index contributed by atoms with van der Waals surface area (Å²) in [7, 11) is 1.59. The minimum absolute atomic E-state index is 0.0981. The molecule has 0 amide bonds. The summed E-state index contributed by atoms with van der Waals surface area (Å²) in [5.41, 5.74) is 0.558. The summed E-state index contributed by atoms with van der Waals surface area (Å²) in [4.78, 5) is 10.1. The lowest BCUT2D eigenvalue weighted by Gasteiger charge is -2.05. The van der Waals surface area contributed by atoms with Gasteiger partial charge in [0, 0.05) is 25.4 Å². The van der Waals surface area contributed by atoms with Crippen molar-refractivity contribution < 1.29 is 9.66 Å². The van der Waals surface area contributed by atoms with Crippen molar-refractivity contribution in [1.29, 1.82) is 0 Å². The maximum atomic E-state index is 10.6. The van der Waals surface area contributed by atoms with Crippen molar-refractivity contribution in [2.75, 3.05) is 25.6 Å². The number of anilines is 1.